The van der Waals surface area contributed by atoms with E-state index < -0.39 is 0 Å². The minimum absolute atomic E-state index is 0.652. The molecule has 0 amide bonds. The molecule has 2 N–H and O–H groups in total. The Kier molecular flexibility index (Phi) is 2.93. The summed E-state index contributed by atoms with van der Waals surface area (Å²) >= 11 is 1.65. The minimum Gasteiger partial charge on any atom is -0.384 e. The molecule has 2 heterocycles. The molecule has 2 aromatic rings. The van der Waals surface area contributed by atoms with Crippen molar-refractivity contribution in [1.82, 2.24) is 19.7 Å². The molecular weight excluding hydrogens is 222 g/mol. The van der Waals surface area contributed by atoms with Crippen molar-refractivity contribution in [3.05, 3.63) is 17.1 Å². The Morgan fingerprint density at radius 1 is 1.50 bits per heavy atom. The van der Waals surface area contributed by atoms with Crippen LogP contribution in [0.4, 0.5) is 5.82 Å². The smallest absolute Gasteiger partial charge is 0.144 e. The third-order valence-electron chi connectivity index (χ3n) is 2.16. The van der Waals surface area contributed by atoms with E-state index in [0.717, 1.165) is 17.2 Å². The molecule has 0 aromatic carbocycles. The molecule has 0 atom stereocenters. The third kappa shape index (κ3) is 2.23. The molecule has 2 aromatic heterocycles. The SMILES string of the molecule is CN(C)Cc1cnc(-c2cc(N)n(C)n2)s1. The summed E-state index contributed by atoms with van der Waals surface area (Å²) in [5, 5.41) is 5.22. The zero-order valence-electron chi connectivity index (χ0n) is 9.64. The van der Waals surface area contributed by atoms with Crippen molar-refractivity contribution in [2.75, 3.05) is 19.8 Å². The standard InChI is InChI=1S/C10H15N5S/c1-14(2)6-7-5-12-10(16-7)8-4-9(11)15(3)13-8/h4-5H,6,11H2,1-3H3. The monoisotopic (exact) mass is 237 g/mol. The van der Waals surface area contributed by atoms with Gasteiger partial charge in [-0.05, 0) is 14.1 Å². The lowest BCUT2D eigenvalue weighted by molar-refractivity contribution is 0.406. The van der Waals surface area contributed by atoms with Crippen LogP contribution in [-0.4, -0.2) is 33.8 Å². The number of nitrogens with zero attached hydrogens (tertiary/aromatic N) is 4. The second-order valence-corrected chi connectivity index (χ2v) is 5.06. The summed E-state index contributed by atoms with van der Waals surface area (Å²) in [5.74, 6) is 0.652. The number of hydrogen-bond acceptors (Lipinski definition) is 5. The molecule has 2 rings (SSSR count). The topological polar surface area (TPSA) is 60.0 Å². The van der Waals surface area contributed by atoms with E-state index in [-0.39, 0.29) is 0 Å². The molecule has 0 saturated heterocycles. The molecule has 0 aliphatic heterocycles. The molecule has 0 bridgehead atoms. The van der Waals surface area contributed by atoms with Crippen LogP contribution in [0.15, 0.2) is 12.3 Å². The average Bonchev–Trinajstić information content (AvgIpc) is 2.74. The van der Waals surface area contributed by atoms with Crippen LogP contribution in [0.3, 0.4) is 0 Å². The van der Waals surface area contributed by atoms with Crippen LogP contribution in [0.2, 0.25) is 0 Å². The zero-order valence-corrected chi connectivity index (χ0v) is 10.5. The van der Waals surface area contributed by atoms with Gasteiger partial charge in [0.1, 0.15) is 16.5 Å². The van der Waals surface area contributed by atoms with E-state index in [9.17, 15) is 0 Å². The van der Waals surface area contributed by atoms with Gasteiger partial charge in [-0.15, -0.1) is 11.3 Å². The second kappa shape index (κ2) is 4.23. The average molecular weight is 237 g/mol. The number of anilines is 1. The van der Waals surface area contributed by atoms with Crippen LogP contribution < -0.4 is 5.73 Å². The normalized spacial score (nSPS) is 11.2. The molecule has 86 valence electrons. The van der Waals surface area contributed by atoms with Crippen LogP contribution in [0.1, 0.15) is 4.88 Å². The second-order valence-electron chi connectivity index (χ2n) is 3.95. The molecule has 0 radical (unpaired) electrons. The number of hydrogen-bond donors (Lipinski definition) is 1. The Hall–Kier alpha value is -1.40. The van der Waals surface area contributed by atoms with Crippen LogP contribution in [0, 0.1) is 0 Å². The minimum atomic E-state index is 0.652. The summed E-state index contributed by atoms with van der Waals surface area (Å²) in [5.41, 5.74) is 6.58. The van der Waals surface area contributed by atoms with E-state index in [1.54, 1.807) is 16.0 Å². The number of aromatic nitrogens is 3. The maximum Gasteiger partial charge on any atom is 0.144 e. The predicted molar refractivity (Wildman–Crippen MR) is 66.1 cm³/mol. The van der Waals surface area contributed by atoms with E-state index >= 15 is 0 Å². The van der Waals surface area contributed by atoms with Gasteiger partial charge in [0, 0.05) is 30.7 Å². The first-order chi connectivity index (χ1) is 7.56. The van der Waals surface area contributed by atoms with Gasteiger partial charge in [0.25, 0.3) is 0 Å². The summed E-state index contributed by atoms with van der Waals surface area (Å²) in [4.78, 5) is 7.70. The number of aryl methyl sites for hydroxylation is 1. The molecule has 5 nitrogen and oxygen atoms in total. The van der Waals surface area contributed by atoms with Gasteiger partial charge in [-0.1, -0.05) is 0 Å². The fourth-order valence-corrected chi connectivity index (χ4v) is 2.38. The predicted octanol–water partition coefficient (Wildman–Crippen LogP) is 1.19. The molecule has 0 aliphatic rings. The van der Waals surface area contributed by atoms with Crippen molar-refractivity contribution in [3.8, 4) is 10.7 Å². The molecule has 0 saturated carbocycles. The molecule has 16 heavy (non-hydrogen) atoms. The van der Waals surface area contributed by atoms with E-state index in [2.05, 4.69) is 15.0 Å². The van der Waals surface area contributed by atoms with Gasteiger partial charge in [-0.3, -0.25) is 4.68 Å². The molecule has 0 unspecified atom stereocenters. The maximum atomic E-state index is 5.73. The number of thiazole rings is 1. The molecule has 0 fully saturated rings. The number of nitrogen functional groups attached to an aromatic ring is 1. The molecule has 0 spiro atoms. The van der Waals surface area contributed by atoms with Gasteiger partial charge in [0.2, 0.25) is 0 Å². The summed E-state index contributed by atoms with van der Waals surface area (Å²) in [6, 6.07) is 1.85. The fraction of sp³-hybridized carbons (Fsp3) is 0.400. The van der Waals surface area contributed by atoms with Crippen LogP contribution in [0.5, 0.6) is 0 Å². The quantitative estimate of drug-likeness (QED) is 0.871. The van der Waals surface area contributed by atoms with E-state index in [1.807, 2.05) is 33.4 Å². The fourth-order valence-electron chi connectivity index (χ4n) is 1.40. The van der Waals surface area contributed by atoms with Gasteiger partial charge in [0.15, 0.2) is 0 Å². The first-order valence-corrected chi connectivity index (χ1v) is 5.77. The summed E-state index contributed by atoms with van der Waals surface area (Å²) < 4.78 is 1.66. The van der Waals surface area contributed by atoms with Gasteiger partial charge in [-0.2, -0.15) is 5.10 Å². The molecular formula is C10H15N5S. The lowest BCUT2D eigenvalue weighted by atomic mass is 10.4. The number of nitrogens with two attached hydrogens (primary N) is 1. The largest absolute Gasteiger partial charge is 0.384 e. The van der Waals surface area contributed by atoms with E-state index in [0.29, 0.717) is 5.82 Å². The van der Waals surface area contributed by atoms with Crippen molar-refractivity contribution in [1.29, 1.82) is 0 Å². The first-order valence-electron chi connectivity index (χ1n) is 4.95. The summed E-state index contributed by atoms with van der Waals surface area (Å²) in [6.45, 7) is 0.903. The van der Waals surface area contributed by atoms with Gasteiger partial charge < -0.3 is 10.6 Å². The van der Waals surface area contributed by atoms with Crippen molar-refractivity contribution in [2.45, 2.75) is 6.54 Å². The maximum absolute atomic E-state index is 5.73. The van der Waals surface area contributed by atoms with E-state index in [4.69, 9.17) is 5.73 Å². The van der Waals surface area contributed by atoms with E-state index in [1.165, 1.54) is 4.88 Å². The lowest BCUT2D eigenvalue weighted by Crippen LogP contribution is -2.09. The van der Waals surface area contributed by atoms with Crippen LogP contribution in [0.25, 0.3) is 10.7 Å². The van der Waals surface area contributed by atoms with Crippen molar-refractivity contribution >= 4 is 17.2 Å². The molecule has 6 heteroatoms. The first kappa shape index (κ1) is 11.1. The third-order valence-corrected chi connectivity index (χ3v) is 3.17. The highest BCUT2D eigenvalue weighted by atomic mass is 32.1. The Morgan fingerprint density at radius 3 is 2.81 bits per heavy atom. The Balaban J connectivity index is 2.24. The zero-order chi connectivity index (χ0) is 11.7. The lowest BCUT2D eigenvalue weighted by Gasteiger charge is -2.05. The Bertz CT molecular complexity index is 466. The van der Waals surface area contributed by atoms with Crippen LogP contribution in [-0.2, 0) is 13.6 Å². The Labute approximate surface area is 98.5 Å². The number of rotatable bonds is 3. The molecule has 0 aliphatic carbocycles. The van der Waals surface area contributed by atoms with Gasteiger partial charge in [0.05, 0.1) is 0 Å². The highest BCUT2D eigenvalue weighted by Gasteiger charge is 2.09. The van der Waals surface area contributed by atoms with Crippen molar-refractivity contribution in [3.63, 3.8) is 0 Å². The van der Waals surface area contributed by atoms with Gasteiger partial charge >= 0.3 is 0 Å². The van der Waals surface area contributed by atoms with Crippen molar-refractivity contribution < 1.29 is 0 Å². The van der Waals surface area contributed by atoms with Crippen LogP contribution >= 0.6 is 11.3 Å². The van der Waals surface area contributed by atoms with Crippen molar-refractivity contribution in [2.24, 2.45) is 7.05 Å². The highest BCUT2D eigenvalue weighted by molar-refractivity contribution is 7.14. The Morgan fingerprint density at radius 2 is 2.25 bits per heavy atom. The summed E-state index contributed by atoms with van der Waals surface area (Å²) in [7, 11) is 5.91. The summed E-state index contributed by atoms with van der Waals surface area (Å²) in [6.07, 6.45) is 1.89. The highest BCUT2D eigenvalue weighted by Crippen LogP contribution is 2.25. The van der Waals surface area contributed by atoms with Gasteiger partial charge in [-0.25, -0.2) is 4.98 Å².